The van der Waals surface area contributed by atoms with E-state index in [2.05, 4.69) is 4.98 Å². The molecule has 0 spiro atoms. The fourth-order valence-electron chi connectivity index (χ4n) is 1.82. The molecule has 0 radical (unpaired) electrons. The summed E-state index contributed by atoms with van der Waals surface area (Å²) >= 11 is 0. The summed E-state index contributed by atoms with van der Waals surface area (Å²) in [5.74, 6) is 0. The van der Waals surface area contributed by atoms with E-state index in [0.717, 1.165) is 24.2 Å². The Morgan fingerprint density at radius 3 is 2.42 bits per heavy atom. The molecule has 2 rings (SSSR count). The number of imidazole rings is 1. The van der Waals surface area contributed by atoms with E-state index in [1.54, 1.807) is 17.1 Å². The molecule has 2 aromatic rings. The first-order valence-corrected chi connectivity index (χ1v) is 5.89. The molecule has 0 unspecified atom stereocenters. The Balaban J connectivity index is 2.36. The standard InChI is InChI=1S/C13H14F3N3/c1-2-11(17)12-7-18-8-19(12)10-5-3-9(4-6-10)13(14,15)16/h3-8,11H,2,17H2,1H3/t11-/m1/s1. The van der Waals surface area contributed by atoms with Gasteiger partial charge in [0.15, 0.2) is 0 Å². The number of alkyl halides is 3. The van der Waals surface area contributed by atoms with Crippen LogP contribution < -0.4 is 5.73 Å². The van der Waals surface area contributed by atoms with Gasteiger partial charge in [0.25, 0.3) is 0 Å². The smallest absolute Gasteiger partial charge is 0.323 e. The van der Waals surface area contributed by atoms with E-state index in [1.165, 1.54) is 12.1 Å². The van der Waals surface area contributed by atoms with Crippen LogP contribution in [-0.4, -0.2) is 9.55 Å². The van der Waals surface area contributed by atoms with Crippen molar-refractivity contribution >= 4 is 0 Å². The molecule has 0 amide bonds. The molecule has 1 atom stereocenters. The van der Waals surface area contributed by atoms with Gasteiger partial charge in [0.2, 0.25) is 0 Å². The van der Waals surface area contributed by atoms with E-state index in [1.807, 2.05) is 6.92 Å². The quantitative estimate of drug-likeness (QED) is 0.929. The Kier molecular flexibility index (Phi) is 3.61. The lowest BCUT2D eigenvalue weighted by Crippen LogP contribution is -2.13. The van der Waals surface area contributed by atoms with E-state index in [-0.39, 0.29) is 6.04 Å². The van der Waals surface area contributed by atoms with Gasteiger partial charge in [0.05, 0.1) is 23.8 Å². The highest BCUT2D eigenvalue weighted by Gasteiger charge is 2.30. The lowest BCUT2D eigenvalue weighted by atomic mass is 10.1. The summed E-state index contributed by atoms with van der Waals surface area (Å²) in [5, 5.41) is 0. The Morgan fingerprint density at radius 1 is 1.26 bits per heavy atom. The van der Waals surface area contributed by atoms with Gasteiger partial charge >= 0.3 is 6.18 Å². The lowest BCUT2D eigenvalue weighted by Gasteiger charge is -2.14. The van der Waals surface area contributed by atoms with Crippen LogP contribution in [0.3, 0.4) is 0 Å². The fraction of sp³-hybridized carbons (Fsp3) is 0.308. The highest BCUT2D eigenvalue weighted by atomic mass is 19.4. The molecule has 0 aliphatic rings. The van der Waals surface area contributed by atoms with Gasteiger partial charge in [-0.3, -0.25) is 0 Å². The van der Waals surface area contributed by atoms with Gasteiger partial charge in [0, 0.05) is 11.7 Å². The third-order valence-corrected chi connectivity index (χ3v) is 2.96. The third kappa shape index (κ3) is 2.78. The van der Waals surface area contributed by atoms with Crippen molar-refractivity contribution in [3.05, 3.63) is 48.0 Å². The maximum atomic E-state index is 12.5. The number of benzene rings is 1. The second-order valence-electron chi connectivity index (χ2n) is 4.25. The number of hydrogen-bond donors (Lipinski definition) is 1. The van der Waals surface area contributed by atoms with Crippen molar-refractivity contribution in [1.82, 2.24) is 9.55 Å². The molecule has 19 heavy (non-hydrogen) atoms. The first-order valence-electron chi connectivity index (χ1n) is 5.89. The molecule has 6 heteroatoms. The van der Waals surface area contributed by atoms with Crippen LogP contribution >= 0.6 is 0 Å². The molecule has 0 aliphatic heterocycles. The molecular weight excluding hydrogens is 255 g/mol. The number of halogens is 3. The van der Waals surface area contributed by atoms with Gasteiger partial charge in [-0.2, -0.15) is 13.2 Å². The molecule has 2 N–H and O–H groups in total. The zero-order valence-corrected chi connectivity index (χ0v) is 10.4. The Hall–Kier alpha value is -1.82. The van der Waals surface area contributed by atoms with E-state index in [0.29, 0.717) is 5.69 Å². The van der Waals surface area contributed by atoms with Gasteiger partial charge in [-0.05, 0) is 30.7 Å². The molecule has 0 bridgehead atoms. The van der Waals surface area contributed by atoms with Gasteiger partial charge in [0.1, 0.15) is 0 Å². The maximum absolute atomic E-state index is 12.5. The molecular formula is C13H14F3N3. The Morgan fingerprint density at radius 2 is 1.89 bits per heavy atom. The van der Waals surface area contributed by atoms with Crippen LogP contribution in [0.4, 0.5) is 13.2 Å². The summed E-state index contributed by atoms with van der Waals surface area (Å²) in [6.45, 7) is 1.94. The van der Waals surface area contributed by atoms with Crippen LogP contribution in [0.5, 0.6) is 0 Å². The van der Waals surface area contributed by atoms with Gasteiger partial charge in [-0.15, -0.1) is 0 Å². The predicted molar refractivity (Wildman–Crippen MR) is 65.8 cm³/mol. The lowest BCUT2D eigenvalue weighted by molar-refractivity contribution is -0.137. The van der Waals surface area contributed by atoms with Gasteiger partial charge < -0.3 is 10.3 Å². The Bertz CT molecular complexity index is 543. The first-order chi connectivity index (χ1) is 8.93. The molecule has 102 valence electrons. The third-order valence-electron chi connectivity index (χ3n) is 2.96. The van der Waals surface area contributed by atoms with Crippen molar-refractivity contribution in [1.29, 1.82) is 0 Å². The van der Waals surface area contributed by atoms with Gasteiger partial charge in [-0.1, -0.05) is 6.92 Å². The SMILES string of the molecule is CC[C@@H](N)c1cncn1-c1ccc(C(F)(F)F)cc1. The zero-order chi connectivity index (χ0) is 14.0. The summed E-state index contributed by atoms with van der Waals surface area (Å²) in [7, 11) is 0. The van der Waals surface area contributed by atoms with Gasteiger partial charge in [-0.25, -0.2) is 4.98 Å². The second-order valence-corrected chi connectivity index (χ2v) is 4.25. The number of nitrogens with zero attached hydrogens (tertiary/aromatic N) is 2. The van der Waals surface area contributed by atoms with Crippen LogP contribution in [0, 0.1) is 0 Å². The zero-order valence-electron chi connectivity index (χ0n) is 10.4. The minimum absolute atomic E-state index is 0.190. The highest BCUT2D eigenvalue weighted by molar-refractivity contribution is 5.37. The molecule has 0 saturated carbocycles. The van der Waals surface area contributed by atoms with E-state index in [9.17, 15) is 13.2 Å². The molecule has 0 saturated heterocycles. The molecule has 1 aromatic carbocycles. The second kappa shape index (κ2) is 5.05. The molecule has 0 aliphatic carbocycles. The summed E-state index contributed by atoms with van der Waals surface area (Å²) in [6.07, 6.45) is -0.415. The topological polar surface area (TPSA) is 43.8 Å². The number of rotatable bonds is 3. The van der Waals surface area contributed by atoms with Crippen molar-refractivity contribution in [3.8, 4) is 5.69 Å². The fourth-order valence-corrected chi connectivity index (χ4v) is 1.82. The van der Waals surface area contributed by atoms with Crippen LogP contribution in [0.15, 0.2) is 36.8 Å². The van der Waals surface area contributed by atoms with E-state index in [4.69, 9.17) is 5.73 Å². The van der Waals surface area contributed by atoms with Crippen LogP contribution in [0.2, 0.25) is 0 Å². The normalized spacial score (nSPS) is 13.5. The maximum Gasteiger partial charge on any atom is 0.416 e. The van der Waals surface area contributed by atoms with Crippen LogP contribution in [0.25, 0.3) is 5.69 Å². The number of hydrogen-bond acceptors (Lipinski definition) is 2. The molecule has 3 nitrogen and oxygen atoms in total. The summed E-state index contributed by atoms with van der Waals surface area (Å²) in [6, 6.07) is 4.74. The highest BCUT2D eigenvalue weighted by Crippen LogP contribution is 2.30. The minimum Gasteiger partial charge on any atom is -0.323 e. The van der Waals surface area contributed by atoms with Crippen molar-refractivity contribution in [3.63, 3.8) is 0 Å². The number of nitrogens with two attached hydrogens (primary N) is 1. The molecule has 0 fully saturated rings. The average Bonchev–Trinajstić information content (AvgIpc) is 2.86. The summed E-state index contributed by atoms with van der Waals surface area (Å²) in [5.41, 5.74) is 6.66. The first kappa shape index (κ1) is 13.6. The largest absolute Gasteiger partial charge is 0.416 e. The van der Waals surface area contributed by atoms with E-state index < -0.39 is 11.7 Å². The Labute approximate surface area is 108 Å². The van der Waals surface area contributed by atoms with E-state index >= 15 is 0 Å². The van der Waals surface area contributed by atoms with Crippen LogP contribution in [-0.2, 0) is 6.18 Å². The summed E-state index contributed by atoms with van der Waals surface area (Å²) in [4.78, 5) is 4.00. The summed E-state index contributed by atoms with van der Waals surface area (Å²) < 4.78 is 39.2. The monoisotopic (exact) mass is 269 g/mol. The molecule has 1 heterocycles. The molecule has 1 aromatic heterocycles. The number of aromatic nitrogens is 2. The van der Waals surface area contributed by atoms with Crippen molar-refractivity contribution in [2.24, 2.45) is 5.73 Å². The van der Waals surface area contributed by atoms with Crippen molar-refractivity contribution in [2.75, 3.05) is 0 Å². The van der Waals surface area contributed by atoms with Crippen molar-refractivity contribution in [2.45, 2.75) is 25.6 Å². The predicted octanol–water partition coefficient (Wildman–Crippen LogP) is 3.30. The van der Waals surface area contributed by atoms with Crippen LogP contribution in [0.1, 0.15) is 30.6 Å². The average molecular weight is 269 g/mol. The minimum atomic E-state index is -4.32. The van der Waals surface area contributed by atoms with Crippen molar-refractivity contribution < 1.29 is 13.2 Å².